The van der Waals surface area contributed by atoms with Crippen molar-refractivity contribution in [3.8, 4) is 5.75 Å². The van der Waals surface area contributed by atoms with E-state index in [1.165, 1.54) is 6.42 Å². The Morgan fingerprint density at radius 2 is 1.71 bits per heavy atom. The van der Waals surface area contributed by atoms with Crippen molar-refractivity contribution >= 4 is 5.91 Å². The molecule has 1 aromatic rings. The third kappa shape index (κ3) is 3.76. The number of hydrogen-bond acceptors (Lipinski definition) is 2. The third-order valence-electron chi connectivity index (χ3n) is 5.88. The number of ether oxygens (including phenoxy) is 1. The third-order valence-corrected chi connectivity index (χ3v) is 5.88. The second-order valence-electron chi connectivity index (χ2n) is 7.84. The number of benzene rings is 1. The summed E-state index contributed by atoms with van der Waals surface area (Å²) in [6, 6.07) is 9.87. The topological polar surface area (TPSA) is 29.5 Å². The first-order valence-corrected chi connectivity index (χ1v) is 9.64. The summed E-state index contributed by atoms with van der Waals surface area (Å²) >= 11 is 0. The SMILES string of the molecule is CC(C)C1CCN(C(=O)C2(Oc3ccccc3)CCCCC2)CC1. The quantitative estimate of drug-likeness (QED) is 0.804. The van der Waals surface area contributed by atoms with Crippen LogP contribution in [0.2, 0.25) is 0 Å². The first kappa shape index (κ1) is 17.3. The van der Waals surface area contributed by atoms with Crippen molar-refractivity contribution in [3.63, 3.8) is 0 Å². The summed E-state index contributed by atoms with van der Waals surface area (Å²) in [6.45, 7) is 6.37. The van der Waals surface area contributed by atoms with Gasteiger partial charge in [0.1, 0.15) is 5.75 Å². The van der Waals surface area contributed by atoms with E-state index in [0.717, 1.165) is 63.3 Å². The summed E-state index contributed by atoms with van der Waals surface area (Å²) in [5.41, 5.74) is -0.635. The Morgan fingerprint density at radius 3 is 2.29 bits per heavy atom. The van der Waals surface area contributed by atoms with Gasteiger partial charge in [-0.25, -0.2) is 0 Å². The van der Waals surface area contributed by atoms with Gasteiger partial charge in [-0.15, -0.1) is 0 Å². The summed E-state index contributed by atoms with van der Waals surface area (Å²) in [7, 11) is 0. The van der Waals surface area contributed by atoms with Crippen LogP contribution in [0.3, 0.4) is 0 Å². The zero-order valence-electron chi connectivity index (χ0n) is 15.2. The normalized spacial score (nSPS) is 21.7. The Labute approximate surface area is 146 Å². The maximum Gasteiger partial charge on any atom is 0.266 e. The van der Waals surface area contributed by atoms with Crippen LogP contribution in [0.1, 0.15) is 58.8 Å². The minimum absolute atomic E-state index is 0.230. The largest absolute Gasteiger partial charge is 0.477 e. The van der Waals surface area contributed by atoms with Crippen LogP contribution in [0.25, 0.3) is 0 Å². The zero-order valence-corrected chi connectivity index (χ0v) is 15.2. The molecule has 0 bridgehead atoms. The van der Waals surface area contributed by atoms with Crippen LogP contribution in [0, 0.1) is 11.8 Å². The molecule has 1 amide bonds. The molecule has 3 nitrogen and oxygen atoms in total. The van der Waals surface area contributed by atoms with Gasteiger partial charge in [0.15, 0.2) is 5.60 Å². The molecule has 24 heavy (non-hydrogen) atoms. The molecule has 0 aromatic heterocycles. The van der Waals surface area contributed by atoms with Gasteiger partial charge in [-0.1, -0.05) is 38.5 Å². The van der Waals surface area contributed by atoms with Crippen LogP contribution in [0.5, 0.6) is 5.75 Å². The Hall–Kier alpha value is -1.51. The summed E-state index contributed by atoms with van der Waals surface area (Å²) in [6.07, 6.45) is 7.34. The van der Waals surface area contributed by atoms with E-state index in [1.54, 1.807) is 0 Å². The molecule has 1 saturated heterocycles. The number of carbonyl (C=O) groups is 1. The highest BCUT2D eigenvalue weighted by molar-refractivity contribution is 5.86. The molecule has 1 aliphatic heterocycles. The molecule has 2 aliphatic rings. The highest BCUT2D eigenvalue weighted by Crippen LogP contribution is 2.36. The average molecular weight is 329 g/mol. The van der Waals surface area contributed by atoms with E-state index in [-0.39, 0.29) is 5.91 Å². The Bertz CT molecular complexity index is 526. The molecule has 1 saturated carbocycles. The van der Waals surface area contributed by atoms with Crippen LogP contribution in [0.4, 0.5) is 0 Å². The van der Waals surface area contributed by atoms with Crippen molar-refractivity contribution < 1.29 is 9.53 Å². The lowest BCUT2D eigenvalue weighted by molar-refractivity contribution is -0.153. The molecule has 1 heterocycles. The molecule has 0 radical (unpaired) electrons. The average Bonchev–Trinajstić information content (AvgIpc) is 2.63. The Morgan fingerprint density at radius 1 is 1.08 bits per heavy atom. The van der Waals surface area contributed by atoms with Crippen LogP contribution in [0.15, 0.2) is 30.3 Å². The Balaban J connectivity index is 1.72. The second kappa shape index (κ2) is 7.58. The molecular formula is C21H31NO2. The van der Waals surface area contributed by atoms with E-state index in [2.05, 4.69) is 18.7 Å². The monoisotopic (exact) mass is 329 g/mol. The molecule has 0 unspecified atom stereocenters. The molecule has 0 N–H and O–H groups in total. The molecule has 1 aromatic carbocycles. The highest BCUT2D eigenvalue weighted by Gasteiger charge is 2.45. The molecule has 1 aliphatic carbocycles. The maximum absolute atomic E-state index is 13.4. The van der Waals surface area contributed by atoms with Crippen molar-refractivity contribution in [1.29, 1.82) is 0 Å². The van der Waals surface area contributed by atoms with Gasteiger partial charge in [0.05, 0.1) is 0 Å². The number of amides is 1. The van der Waals surface area contributed by atoms with Crippen LogP contribution >= 0.6 is 0 Å². The van der Waals surface area contributed by atoms with Crippen LogP contribution in [-0.4, -0.2) is 29.5 Å². The fraction of sp³-hybridized carbons (Fsp3) is 0.667. The van der Waals surface area contributed by atoms with Gasteiger partial charge in [-0.3, -0.25) is 4.79 Å². The lowest BCUT2D eigenvalue weighted by Crippen LogP contribution is -2.55. The van der Waals surface area contributed by atoms with Crippen molar-refractivity contribution in [1.82, 2.24) is 4.90 Å². The zero-order chi connectivity index (χ0) is 17.0. The summed E-state index contributed by atoms with van der Waals surface area (Å²) in [5, 5.41) is 0. The number of likely N-dealkylation sites (tertiary alicyclic amines) is 1. The van der Waals surface area contributed by atoms with E-state index >= 15 is 0 Å². The molecule has 2 fully saturated rings. The molecule has 0 spiro atoms. The molecule has 0 atom stereocenters. The van der Waals surface area contributed by atoms with Gasteiger partial charge in [-0.2, -0.15) is 0 Å². The minimum Gasteiger partial charge on any atom is -0.477 e. The van der Waals surface area contributed by atoms with Gasteiger partial charge in [0, 0.05) is 13.1 Å². The Kier molecular flexibility index (Phi) is 5.47. The van der Waals surface area contributed by atoms with Crippen LogP contribution in [-0.2, 0) is 4.79 Å². The number of rotatable bonds is 4. The lowest BCUT2D eigenvalue weighted by Gasteiger charge is -2.42. The van der Waals surface area contributed by atoms with Crippen molar-refractivity contribution in [3.05, 3.63) is 30.3 Å². The number of carbonyl (C=O) groups excluding carboxylic acids is 1. The number of para-hydroxylation sites is 1. The predicted molar refractivity (Wildman–Crippen MR) is 97.0 cm³/mol. The summed E-state index contributed by atoms with van der Waals surface area (Å²) in [4.78, 5) is 15.4. The van der Waals surface area contributed by atoms with Gasteiger partial charge in [-0.05, 0) is 62.5 Å². The van der Waals surface area contributed by atoms with E-state index in [4.69, 9.17) is 4.74 Å². The van der Waals surface area contributed by atoms with E-state index in [9.17, 15) is 4.79 Å². The number of nitrogens with zero attached hydrogens (tertiary/aromatic N) is 1. The molecule has 132 valence electrons. The van der Waals surface area contributed by atoms with E-state index in [1.807, 2.05) is 30.3 Å². The van der Waals surface area contributed by atoms with E-state index < -0.39 is 5.60 Å². The summed E-state index contributed by atoms with van der Waals surface area (Å²) in [5.74, 6) is 2.52. The van der Waals surface area contributed by atoms with Gasteiger partial charge in [0.25, 0.3) is 5.91 Å². The maximum atomic E-state index is 13.4. The number of piperidine rings is 1. The van der Waals surface area contributed by atoms with Crippen molar-refractivity contribution in [2.24, 2.45) is 11.8 Å². The fourth-order valence-corrected chi connectivity index (χ4v) is 4.25. The van der Waals surface area contributed by atoms with Gasteiger partial charge in [0.2, 0.25) is 0 Å². The molecular weight excluding hydrogens is 298 g/mol. The van der Waals surface area contributed by atoms with Gasteiger partial charge >= 0.3 is 0 Å². The standard InChI is InChI=1S/C21H31NO2/c1-17(2)18-11-15-22(16-12-18)20(23)21(13-7-4-8-14-21)24-19-9-5-3-6-10-19/h3,5-6,9-10,17-18H,4,7-8,11-16H2,1-2H3. The second-order valence-corrected chi connectivity index (χ2v) is 7.84. The molecule has 3 heteroatoms. The predicted octanol–water partition coefficient (Wildman–Crippen LogP) is 4.66. The molecule has 3 rings (SSSR count). The van der Waals surface area contributed by atoms with Crippen molar-refractivity contribution in [2.75, 3.05) is 13.1 Å². The first-order valence-electron chi connectivity index (χ1n) is 9.64. The van der Waals surface area contributed by atoms with Crippen molar-refractivity contribution in [2.45, 2.75) is 64.4 Å². The smallest absolute Gasteiger partial charge is 0.266 e. The van der Waals surface area contributed by atoms with Crippen LogP contribution < -0.4 is 4.74 Å². The summed E-state index contributed by atoms with van der Waals surface area (Å²) < 4.78 is 6.34. The van der Waals surface area contributed by atoms with Gasteiger partial charge < -0.3 is 9.64 Å². The van der Waals surface area contributed by atoms with E-state index in [0.29, 0.717) is 5.92 Å². The first-order chi connectivity index (χ1) is 11.6. The lowest BCUT2D eigenvalue weighted by atomic mass is 9.81. The fourth-order valence-electron chi connectivity index (χ4n) is 4.25. The minimum atomic E-state index is -0.635. The number of hydrogen-bond donors (Lipinski definition) is 0. The highest BCUT2D eigenvalue weighted by atomic mass is 16.5.